The first-order valence-electron chi connectivity index (χ1n) is 9.32. The topological polar surface area (TPSA) is 63.2 Å². The van der Waals surface area contributed by atoms with Gasteiger partial charge < -0.3 is 15.4 Å². The van der Waals surface area contributed by atoms with Gasteiger partial charge in [-0.2, -0.15) is 0 Å². The number of benzene rings is 3. The van der Waals surface area contributed by atoms with Crippen LogP contribution in [0.5, 0.6) is 5.75 Å². The van der Waals surface area contributed by atoms with Gasteiger partial charge in [0.1, 0.15) is 5.75 Å². The summed E-state index contributed by atoms with van der Waals surface area (Å²) in [6.45, 7) is -0.0700. The molecule has 1 amide bonds. The average molecular weight is 470 g/mol. The molecule has 0 spiro atoms. The molecule has 5 nitrogen and oxygen atoms in total. The quantitative estimate of drug-likeness (QED) is 0.309. The Morgan fingerprint density at radius 1 is 1.00 bits per heavy atom. The SMILES string of the molecule is O=C(COc1ccccc1)Nc1cccc(-c2csc(Nc3cc(Cl)ccc3Cl)n2)c1. The van der Waals surface area contributed by atoms with Gasteiger partial charge in [-0.25, -0.2) is 4.98 Å². The van der Waals surface area contributed by atoms with E-state index in [-0.39, 0.29) is 12.5 Å². The van der Waals surface area contributed by atoms with Crippen molar-refractivity contribution in [3.8, 4) is 17.0 Å². The largest absolute Gasteiger partial charge is 0.484 e. The van der Waals surface area contributed by atoms with Crippen LogP contribution in [0, 0.1) is 0 Å². The third kappa shape index (κ3) is 5.76. The maximum absolute atomic E-state index is 12.2. The first-order valence-corrected chi connectivity index (χ1v) is 11.0. The van der Waals surface area contributed by atoms with E-state index in [1.54, 1.807) is 30.3 Å². The molecule has 2 N–H and O–H groups in total. The van der Waals surface area contributed by atoms with Crippen molar-refractivity contribution < 1.29 is 9.53 Å². The van der Waals surface area contributed by atoms with Gasteiger partial charge >= 0.3 is 0 Å². The molecule has 0 aliphatic heterocycles. The van der Waals surface area contributed by atoms with E-state index in [0.29, 0.717) is 32.3 Å². The minimum Gasteiger partial charge on any atom is -0.484 e. The normalized spacial score (nSPS) is 10.5. The molecule has 4 aromatic rings. The Balaban J connectivity index is 1.41. The summed E-state index contributed by atoms with van der Waals surface area (Å²) in [5.41, 5.74) is 3.01. The maximum atomic E-state index is 12.2. The number of rotatable bonds is 7. The Morgan fingerprint density at radius 2 is 1.84 bits per heavy atom. The number of amides is 1. The van der Waals surface area contributed by atoms with E-state index in [9.17, 15) is 4.79 Å². The molecule has 0 aliphatic carbocycles. The van der Waals surface area contributed by atoms with Crippen molar-refractivity contribution in [3.05, 3.63) is 88.2 Å². The molecular formula is C23H17Cl2N3O2S. The maximum Gasteiger partial charge on any atom is 0.262 e. The molecule has 4 rings (SSSR count). The first-order chi connectivity index (χ1) is 15.1. The Labute approximate surface area is 193 Å². The molecule has 0 aliphatic rings. The van der Waals surface area contributed by atoms with Crippen LogP contribution in [0.1, 0.15) is 0 Å². The minimum absolute atomic E-state index is 0.0700. The Morgan fingerprint density at radius 3 is 2.68 bits per heavy atom. The third-order valence-corrected chi connectivity index (χ3v) is 5.55. The highest BCUT2D eigenvalue weighted by atomic mass is 35.5. The highest BCUT2D eigenvalue weighted by Crippen LogP contribution is 2.32. The molecule has 0 saturated heterocycles. The van der Waals surface area contributed by atoms with E-state index in [4.69, 9.17) is 27.9 Å². The Bertz CT molecular complexity index is 1200. The van der Waals surface area contributed by atoms with E-state index in [1.165, 1.54) is 11.3 Å². The second-order valence-corrected chi connectivity index (χ2v) is 8.22. The van der Waals surface area contributed by atoms with E-state index < -0.39 is 0 Å². The number of hydrogen-bond donors (Lipinski definition) is 2. The zero-order valence-electron chi connectivity index (χ0n) is 16.1. The van der Waals surface area contributed by atoms with Gasteiger partial charge in [-0.05, 0) is 42.5 Å². The van der Waals surface area contributed by atoms with Crippen LogP contribution in [-0.2, 0) is 4.79 Å². The number of aromatic nitrogens is 1. The van der Waals surface area contributed by atoms with Crippen molar-refractivity contribution in [1.29, 1.82) is 0 Å². The lowest BCUT2D eigenvalue weighted by Crippen LogP contribution is -2.20. The highest BCUT2D eigenvalue weighted by molar-refractivity contribution is 7.14. The summed E-state index contributed by atoms with van der Waals surface area (Å²) in [4.78, 5) is 16.8. The molecule has 3 aromatic carbocycles. The minimum atomic E-state index is -0.239. The first kappa shape index (κ1) is 21.2. The van der Waals surface area contributed by atoms with Crippen LogP contribution in [-0.4, -0.2) is 17.5 Å². The number of hydrogen-bond acceptors (Lipinski definition) is 5. The van der Waals surface area contributed by atoms with Gasteiger partial charge in [-0.1, -0.05) is 53.5 Å². The molecule has 0 fully saturated rings. The fourth-order valence-corrected chi connectivity index (χ4v) is 3.86. The van der Waals surface area contributed by atoms with Crippen LogP contribution < -0.4 is 15.4 Å². The van der Waals surface area contributed by atoms with E-state index >= 15 is 0 Å². The number of carbonyl (C=O) groups excluding carboxylic acids is 1. The molecular weight excluding hydrogens is 453 g/mol. The monoisotopic (exact) mass is 469 g/mol. The number of carbonyl (C=O) groups is 1. The summed E-state index contributed by atoms with van der Waals surface area (Å²) in [7, 11) is 0. The Hall–Kier alpha value is -3.06. The number of ether oxygens (including phenoxy) is 1. The summed E-state index contributed by atoms with van der Waals surface area (Å²) in [5.74, 6) is 0.408. The number of halogens is 2. The lowest BCUT2D eigenvalue weighted by Gasteiger charge is -2.08. The molecule has 0 atom stereocenters. The molecule has 156 valence electrons. The van der Waals surface area contributed by atoms with Gasteiger partial charge in [-0.3, -0.25) is 4.79 Å². The summed E-state index contributed by atoms with van der Waals surface area (Å²) >= 11 is 13.7. The zero-order valence-corrected chi connectivity index (χ0v) is 18.5. The van der Waals surface area contributed by atoms with Crippen molar-refractivity contribution >= 4 is 57.0 Å². The van der Waals surface area contributed by atoms with Crippen molar-refractivity contribution in [2.45, 2.75) is 0 Å². The van der Waals surface area contributed by atoms with E-state index in [1.807, 2.05) is 47.8 Å². The van der Waals surface area contributed by atoms with Gasteiger partial charge in [0.25, 0.3) is 5.91 Å². The predicted octanol–water partition coefficient (Wildman–Crippen LogP) is 6.88. The zero-order chi connectivity index (χ0) is 21.6. The molecule has 8 heteroatoms. The van der Waals surface area contributed by atoms with Gasteiger partial charge in [0.15, 0.2) is 11.7 Å². The van der Waals surface area contributed by atoms with Crippen molar-refractivity contribution in [3.63, 3.8) is 0 Å². The summed E-state index contributed by atoms with van der Waals surface area (Å²) in [6, 6.07) is 21.9. The van der Waals surface area contributed by atoms with Crippen LogP contribution >= 0.6 is 34.5 Å². The molecule has 0 unspecified atom stereocenters. The number of nitrogens with zero attached hydrogens (tertiary/aromatic N) is 1. The molecule has 0 radical (unpaired) electrons. The van der Waals surface area contributed by atoms with Crippen molar-refractivity contribution in [1.82, 2.24) is 4.98 Å². The van der Waals surface area contributed by atoms with Gasteiger partial charge in [-0.15, -0.1) is 11.3 Å². The van der Waals surface area contributed by atoms with Crippen molar-refractivity contribution in [2.75, 3.05) is 17.2 Å². The molecule has 1 heterocycles. The van der Waals surface area contributed by atoms with Crippen LogP contribution in [0.15, 0.2) is 78.2 Å². The number of thiazole rings is 1. The lowest BCUT2D eigenvalue weighted by molar-refractivity contribution is -0.118. The van der Waals surface area contributed by atoms with Crippen LogP contribution in [0.4, 0.5) is 16.5 Å². The third-order valence-electron chi connectivity index (χ3n) is 4.23. The van der Waals surface area contributed by atoms with Crippen molar-refractivity contribution in [2.24, 2.45) is 0 Å². The molecule has 31 heavy (non-hydrogen) atoms. The second-order valence-electron chi connectivity index (χ2n) is 6.52. The fraction of sp³-hybridized carbons (Fsp3) is 0.0435. The highest BCUT2D eigenvalue weighted by Gasteiger charge is 2.09. The van der Waals surface area contributed by atoms with Crippen LogP contribution in [0.25, 0.3) is 11.3 Å². The average Bonchev–Trinajstić information content (AvgIpc) is 3.24. The fourth-order valence-electron chi connectivity index (χ4n) is 2.79. The molecule has 1 aromatic heterocycles. The number of nitrogens with one attached hydrogen (secondary N) is 2. The summed E-state index contributed by atoms with van der Waals surface area (Å²) in [6.07, 6.45) is 0. The number of para-hydroxylation sites is 1. The smallest absolute Gasteiger partial charge is 0.262 e. The Kier molecular flexibility index (Phi) is 6.72. The van der Waals surface area contributed by atoms with Gasteiger partial charge in [0.05, 0.1) is 16.4 Å². The number of anilines is 3. The van der Waals surface area contributed by atoms with Gasteiger partial charge in [0.2, 0.25) is 0 Å². The van der Waals surface area contributed by atoms with Crippen LogP contribution in [0.3, 0.4) is 0 Å². The second kappa shape index (κ2) is 9.83. The summed E-state index contributed by atoms with van der Waals surface area (Å²) in [5, 5.41) is 9.79. The predicted molar refractivity (Wildman–Crippen MR) is 128 cm³/mol. The molecule has 0 saturated carbocycles. The van der Waals surface area contributed by atoms with E-state index in [2.05, 4.69) is 15.6 Å². The van der Waals surface area contributed by atoms with E-state index in [0.717, 1.165) is 11.3 Å². The van der Waals surface area contributed by atoms with Crippen LogP contribution in [0.2, 0.25) is 10.0 Å². The molecule has 0 bridgehead atoms. The van der Waals surface area contributed by atoms with Gasteiger partial charge in [0, 0.05) is 21.7 Å². The standard InChI is InChI=1S/C23H17Cl2N3O2S/c24-16-9-10-19(25)20(12-16)27-23-28-21(14-31-23)15-5-4-6-17(11-15)26-22(29)13-30-18-7-2-1-3-8-18/h1-12,14H,13H2,(H,26,29)(H,27,28). The summed E-state index contributed by atoms with van der Waals surface area (Å²) < 4.78 is 5.48. The lowest BCUT2D eigenvalue weighted by atomic mass is 10.1.